The van der Waals surface area contributed by atoms with E-state index in [1.165, 1.54) is 5.56 Å². The standard InChI is InChI=1S/C21H31NO5S/c1-3-21-10-9-14-15(17(21)7-8-20(21)23)6-5-13-11-18(22-28(24,25)26)19(27-4-2)12-16(13)14/h11-12,14-15,17,20,22-23H,3-10H2,1-2H3,(H,24,25,26)/t14-,15+,17-,20+,21-/m0/s1. The normalized spacial score (nSPS) is 34.3. The molecule has 0 unspecified atom stereocenters. The molecule has 0 aliphatic heterocycles. The molecule has 0 saturated heterocycles. The monoisotopic (exact) mass is 409 g/mol. The largest absolute Gasteiger partial charge is 0.492 e. The maximum Gasteiger partial charge on any atom is 0.357 e. The Labute approximate surface area is 167 Å². The van der Waals surface area contributed by atoms with Crippen LogP contribution in [0.3, 0.4) is 0 Å². The SMILES string of the molecule is CCOc1cc2c(cc1NS(=O)(=O)O)CC[C@@H]1[C@@H]2CC[C@]2(CC)[C@H](O)CC[C@@H]12. The summed E-state index contributed by atoms with van der Waals surface area (Å²) < 4.78 is 39.8. The van der Waals surface area contributed by atoms with E-state index in [4.69, 9.17) is 4.74 Å². The van der Waals surface area contributed by atoms with Gasteiger partial charge in [0.2, 0.25) is 0 Å². The number of benzene rings is 1. The van der Waals surface area contributed by atoms with E-state index in [9.17, 15) is 18.1 Å². The molecule has 4 rings (SSSR count). The van der Waals surface area contributed by atoms with Gasteiger partial charge in [-0.15, -0.1) is 0 Å². The molecule has 2 saturated carbocycles. The van der Waals surface area contributed by atoms with Crippen LogP contribution in [0.25, 0.3) is 0 Å². The van der Waals surface area contributed by atoms with Gasteiger partial charge in [-0.25, -0.2) is 0 Å². The minimum atomic E-state index is -4.36. The van der Waals surface area contributed by atoms with Gasteiger partial charge in [0.15, 0.2) is 0 Å². The van der Waals surface area contributed by atoms with Crippen molar-refractivity contribution in [2.75, 3.05) is 11.3 Å². The molecule has 0 spiro atoms. The van der Waals surface area contributed by atoms with Gasteiger partial charge in [0.05, 0.1) is 18.4 Å². The van der Waals surface area contributed by atoms with Crippen LogP contribution in [-0.2, 0) is 16.7 Å². The number of fused-ring (bicyclic) bond motifs is 5. The minimum Gasteiger partial charge on any atom is -0.492 e. The first-order valence-electron chi connectivity index (χ1n) is 10.5. The smallest absolute Gasteiger partial charge is 0.357 e. The number of ether oxygens (including phenoxy) is 1. The molecule has 1 aromatic rings. The van der Waals surface area contributed by atoms with Crippen molar-refractivity contribution in [2.45, 2.75) is 70.8 Å². The lowest BCUT2D eigenvalue weighted by molar-refractivity contribution is -0.0394. The number of anilines is 1. The summed E-state index contributed by atoms with van der Waals surface area (Å²) in [5.41, 5.74) is 2.77. The molecule has 3 aliphatic rings. The molecule has 3 aliphatic carbocycles. The topological polar surface area (TPSA) is 95.9 Å². The van der Waals surface area contributed by atoms with Gasteiger partial charge in [-0.2, -0.15) is 8.42 Å². The number of aliphatic hydroxyl groups excluding tert-OH is 1. The van der Waals surface area contributed by atoms with E-state index in [1.54, 1.807) is 0 Å². The van der Waals surface area contributed by atoms with Crippen LogP contribution in [0.4, 0.5) is 5.69 Å². The van der Waals surface area contributed by atoms with Gasteiger partial charge < -0.3 is 9.84 Å². The highest BCUT2D eigenvalue weighted by Gasteiger charge is 2.56. The number of rotatable bonds is 5. The summed E-state index contributed by atoms with van der Waals surface area (Å²) in [6.45, 7) is 4.50. The van der Waals surface area contributed by atoms with Gasteiger partial charge >= 0.3 is 10.3 Å². The quantitative estimate of drug-likeness (QED) is 0.641. The minimum absolute atomic E-state index is 0.0773. The zero-order valence-electron chi connectivity index (χ0n) is 16.6. The third-order valence-electron chi connectivity index (χ3n) is 7.69. The Hall–Kier alpha value is -1.31. The summed E-state index contributed by atoms with van der Waals surface area (Å²) >= 11 is 0. The maximum atomic E-state index is 11.3. The predicted octanol–water partition coefficient (Wildman–Crippen LogP) is 3.91. The lowest BCUT2D eigenvalue weighted by Crippen LogP contribution is -2.45. The van der Waals surface area contributed by atoms with Crippen molar-refractivity contribution < 1.29 is 22.8 Å². The average molecular weight is 410 g/mol. The van der Waals surface area contributed by atoms with Crippen molar-refractivity contribution in [1.29, 1.82) is 0 Å². The van der Waals surface area contributed by atoms with Crippen LogP contribution < -0.4 is 9.46 Å². The van der Waals surface area contributed by atoms with E-state index in [1.807, 2.05) is 19.1 Å². The zero-order valence-corrected chi connectivity index (χ0v) is 17.5. The van der Waals surface area contributed by atoms with E-state index in [2.05, 4.69) is 11.6 Å². The van der Waals surface area contributed by atoms with E-state index in [0.29, 0.717) is 35.8 Å². The fraction of sp³-hybridized carbons (Fsp3) is 0.714. The first-order valence-corrected chi connectivity index (χ1v) is 12.0. The Morgan fingerprint density at radius 2 is 2.00 bits per heavy atom. The van der Waals surface area contributed by atoms with E-state index < -0.39 is 10.3 Å². The average Bonchev–Trinajstić information content (AvgIpc) is 2.98. The third-order valence-corrected chi connectivity index (χ3v) is 8.17. The van der Waals surface area contributed by atoms with Crippen molar-refractivity contribution in [1.82, 2.24) is 0 Å². The van der Waals surface area contributed by atoms with Gasteiger partial charge in [0.25, 0.3) is 0 Å². The molecule has 0 bridgehead atoms. The van der Waals surface area contributed by atoms with Gasteiger partial charge in [0, 0.05) is 0 Å². The van der Waals surface area contributed by atoms with E-state index in [0.717, 1.165) is 50.5 Å². The Bertz CT molecular complexity index is 855. The van der Waals surface area contributed by atoms with Gasteiger partial charge in [-0.3, -0.25) is 9.27 Å². The van der Waals surface area contributed by atoms with Gasteiger partial charge in [-0.1, -0.05) is 6.92 Å². The second-order valence-corrected chi connectivity index (χ2v) is 9.85. The molecule has 1 aromatic carbocycles. The maximum absolute atomic E-state index is 11.3. The Kier molecular flexibility index (Phi) is 5.13. The van der Waals surface area contributed by atoms with Crippen LogP contribution in [0.2, 0.25) is 0 Å². The molecule has 7 heteroatoms. The zero-order chi connectivity index (χ0) is 20.1. The predicted molar refractivity (Wildman–Crippen MR) is 108 cm³/mol. The highest BCUT2D eigenvalue weighted by molar-refractivity contribution is 7.87. The highest BCUT2D eigenvalue weighted by Crippen LogP contribution is 2.62. The van der Waals surface area contributed by atoms with Crippen LogP contribution in [0.5, 0.6) is 5.75 Å². The van der Waals surface area contributed by atoms with Gasteiger partial charge in [-0.05, 0) is 98.3 Å². The van der Waals surface area contributed by atoms with Crippen LogP contribution in [-0.4, -0.2) is 30.8 Å². The Morgan fingerprint density at radius 3 is 2.68 bits per heavy atom. The summed E-state index contributed by atoms with van der Waals surface area (Å²) in [7, 11) is -4.36. The molecule has 156 valence electrons. The molecular weight excluding hydrogens is 378 g/mol. The summed E-state index contributed by atoms with van der Waals surface area (Å²) in [6.07, 6.45) is 6.93. The number of hydrogen-bond acceptors (Lipinski definition) is 4. The number of aryl methyl sites for hydroxylation is 1. The van der Waals surface area contributed by atoms with Crippen molar-refractivity contribution in [3.8, 4) is 5.75 Å². The molecule has 3 N–H and O–H groups in total. The summed E-state index contributed by atoms with van der Waals surface area (Å²) in [4.78, 5) is 0. The van der Waals surface area contributed by atoms with Crippen LogP contribution in [0.15, 0.2) is 12.1 Å². The molecule has 0 amide bonds. The summed E-state index contributed by atoms with van der Waals surface area (Å²) in [6, 6.07) is 3.81. The van der Waals surface area contributed by atoms with Crippen molar-refractivity contribution in [3.05, 3.63) is 23.3 Å². The lowest BCUT2D eigenvalue weighted by atomic mass is 9.54. The molecule has 28 heavy (non-hydrogen) atoms. The van der Waals surface area contributed by atoms with E-state index >= 15 is 0 Å². The second kappa shape index (κ2) is 7.18. The second-order valence-electron chi connectivity index (χ2n) is 8.69. The van der Waals surface area contributed by atoms with Crippen LogP contribution >= 0.6 is 0 Å². The molecule has 6 nitrogen and oxygen atoms in total. The fourth-order valence-corrected chi connectivity index (χ4v) is 6.99. The van der Waals surface area contributed by atoms with Crippen LogP contribution in [0.1, 0.15) is 69.4 Å². The lowest BCUT2D eigenvalue weighted by Gasteiger charge is -2.51. The molecule has 0 radical (unpaired) electrons. The Balaban J connectivity index is 1.71. The number of aliphatic hydroxyl groups is 1. The fourth-order valence-electron chi connectivity index (χ4n) is 6.55. The molecule has 0 heterocycles. The van der Waals surface area contributed by atoms with Crippen LogP contribution in [0, 0.1) is 17.3 Å². The molecule has 5 atom stereocenters. The van der Waals surface area contributed by atoms with Crippen molar-refractivity contribution >= 4 is 16.0 Å². The number of nitrogens with one attached hydrogen (secondary N) is 1. The Morgan fingerprint density at radius 1 is 1.21 bits per heavy atom. The summed E-state index contributed by atoms with van der Waals surface area (Å²) in [5.74, 6) is 2.02. The van der Waals surface area contributed by atoms with E-state index in [-0.39, 0.29) is 11.5 Å². The van der Waals surface area contributed by atoms with Crippen molar-refractivity contribution in [2.24, 2.45) is 17.3 Å². The number of hydrogen-bond donors (Lipinski definition) is 3. The summed E-state index contributed by atoms with van der Waals surface area (Å²) in [5, 5.41) is 10.7. The first kappa shape index (κ1) is 20.0. The molecular formula is C21H31NO5S. The highest BCUT2D eigenvalue weighted by atomic mass is 32.2. The first-order chi connectivity index (χ1) is 13.3. The van der Waals surface area contributed by atoms with Gasteiger partial charge in [0.1, 0.15) is 5.75 Å². The molecule has 0 aromatic heterocycles. The van der Waals surface area contributed by atoms with Crippen molar-refractivity contribution in [3.63, 3.8) is 0 Å². The molecule has 2 fully saturated rings. The third kappa shape index (κ3) is 3.21.